The number of piperidine rings is 1. The minimum atomic E-state index is -0.638. The molecule has 7 heteroatoms. The second kappa shape index (κ2) is 8.71. The molecule has 4 rings (SSSR count). The third-order valence-corrected chi connectivity index (χ3v) is 6.24. The number of benzene rings is 2. The summed E-state index contributed by atoms with van der Waals surface area (Å²) in [5, 5.41) is 0.753. The fraction of sp³-hybridized carbons (Fsp3) is 0.417. The molecule has 2 aromatic carbocycles. The normalized spacial score (nSPS) is 17.5. The van der Waals surface area contributed by atoms with Crippen molar-refractivity contribution in [1.82, 2.24) is 4.90 Å². The number of carbonyl (C=O) groups excluding carboxylic acids is 2. The number of hydrogen-bond donors (Lipinski definition) is 0. The lowest BCUT2D eigenvalue weighted by atomic mass is 9.82. The van der Waals surface area contributed by atoms with Gasteiger partial charge < -0.3 is 14.4 Å². The third-order valence-electron chi connectivity index (χ3n) is 5.74. The lowest BCUT2D eigenvalue weighted by Gasteiger charge is -2.44. The van der Waals surface area contributed by atoms with Gasteiger partial charge in [-0.05, 0) is 36.2 Å². The van der Waals surface area contributed by atoms with Gasteiger partial charge in [-0.15, -0.1) is 0 Å². The van der Waals surface area contributed by atoms with Crippen molar-refractivity contribution >= 4 is 34.9 Å². The second-order valence-electron chi connectivity index (χ2n) is 8.67. The van der Waals surface area contributed by atoms with Crippen LogP contribution in [0, 0.1) is 5.92 Å². The summed E-state index contributed by atoms with van der Waals surface area (Å²) in [7, 11) is 0. The molecule has 0 bridgehead atoms. The van der Waals surface area contributed by atoms with Crippen LogP contribution < -0.4 is 9.47 Å². The molecule has 164 valence electrons. The van der Waals surface area contributed by atoms with E-state index in [2.05, 4.69) is 13.8 Å². The Kier molecular flexibility index (Phi) is 6.18. The van der Waals surface area contributed by atoms with Crippen molar-refractivity contribution in [2.75, 3.05) is 19.7 Å². The van der Waals surface area contributed by atoms with E-state index in [9.17, 15) is 9.59 Å². The number of carbonyl (C=O) groups is 2. The number of fused-ring (bicyclic) bond motifs is 1. The predicted octanol–water partition coefficient (Wildman–Crippen LogP) is 5.67. The van der Waals surface area contributed by atoms with E-state index in [1.807, 2.05) is 12.1 Å². The number of halogens is 2. The molecular weight excluding hydrogens is 437 g/mol. The van der Waals surface area contributed by atoms with E-state index in [1.54, 1.807) is 29.2 Å². The van der Waals surface area contributed by atoms with E-state index in [1.165, 1.54) is 0 Å². The molecule has 0 aliphatic carbocycles. The Morgan fingerprint density at radius 3 is 2.65 bits per heavy atom. The minimum absolute atomic E-state index is 0.0274. The largest absolute Gasteiger partial charge is 0.493 e. The summed E-state index contributed by atoms with van der Waals surface area (Å²) < 4.78 is 12.0. The Bertz CT molecular complexity index is 1010. The van der Waals surface area contributed by atoms with Crippen molar-refractivity contribution in [3.8, 4) is 11.5 Å². The first-order valence-electron chi connectivity index (χ1n) is 10.5. The lowest BCUT2D eigenvalue weighted by Crippen LogP contribution is -2.52. The van der Waals surface area contributed by atoms with Crippen molar-refractivity contribution < 1.29 is 19.1 Å². The van der Waals surface area contributed by atoms with Crippen LogP contribution in [0.3, 0.4) is 0 Å². The molecule has 1 spiro atoms. The molecule has 1 saturated heterocycles. The molecule has 0 atom stereocenters. The van der Waals surface area contributed by atoms with E-state index in [4.69, 9.17) is 32.7 Å². The Labute approximate surface area is 192 Å². The van der Waals surface area contributed by atoms with Gasteiger partial charge in [0.1, 0.15) is 17.1 Å². The number of amides is 1. The highest BCUT2D eigenvalue weighted by atomic mass is 35.5. The van der Waals surface area contributed by atoms with Crippen LogP contribution in [-0.4, -0.2) is 41.9 Å². The van der Waals surface area contributed by atoms with Crippen LogP contribution in [0.2, 0.25) is 10.0 Å². The van der Waals surface area contributed by atoms with Crippen LogP contribution >= 0.6 is 23.2 Å². The van der Waals surface area contributed by atoms with E-state index in [0.29, 0.717) is 71.1 Å². The van der Waals surface area contributed by atoms with Crippen LogP contribution in [0.15, 0.2) is 36.4 Å². The molecule has 1 fully saturated rings. The first-order chi connectivity index (χ1) is 14.8. The van der Waals surface area contributed by atoms with Crippen molar-refractivity contribution in [3.63, 3.8) is 0 Å². The first kappa shape index (κ1) is 22.0. The quantitative estimate of drug-likeness (QED) is 0.588. The molecule has 5 nitrogen and oxygen atoms in total. The highest BCUT2D eigenvalue weighted by Gasteiger charge is 2.44. The van der Waals surface area contributed by atoms with E-state index in [0.717, 1.165) is 0 Å². The van der Waals surface area contributed by atoms with E-state index in [-0.39, 0.29) is 18.1 Å². The number of ketones is 1. The number of rotatable bonds is 4. The second-order valence-corrected chi connectivity index (χ2v) is 9.52. The molecule has 2 aromatic rings. The van der Waals surface area contributed by atoms with Crippen LogP contribution in [0.25, 0.3) is 0 Å². The lowest BCUT2D eigenvalue weighted by molar-refractivity contribution is -0.00566. The Morgan fingerprint density at radius 2 is 1.94 bits per heavy atom. The van der Waals surface area contributed by atoms with Gasteiger partial charge >= 0.3 is 0 Å². The molecule has 31 heavy (non-hydrogen) atoms. The van der Waals surface area contributed by atoms with Gasteiger partial charge in [0.25, 0.3) is 5.91 Å². The molecule has 0 radical (unpaired) electrons. The van der Waals surface area contributed by atoms with Gasteiger partial charge in [0.2, 0.25) is 0 Å². The van der Waals surface area contributed by atoms with Crippen LogP contribution in [0.5, 0.6) is 11.5 Å². The summed E-state index contributed by atoms with van der Waals surface area (Å²) >= 11 is 12.3. The zero-order valence-corrected chi connectivity index (χ0v) is 19.1. The van der Waals surface area contributed by atoms with Gasteiger partial charge in [0, 0.05) is 36.5 Å². The van der Waals surface area contributed by atoms with E-state index < -0.39 is 5.60 Å². The molecule has 1 amide bonds. The van der Waals surface area contributed by atoms with Crippen molar-refractivity contribution in [2.24, 2.45) is 5.92 Å². The summed E-state index contributed by atoms with van der Waals surface area (Å²) in [4.78, 5) is 27.6. The number of Topliss-reactive ketones (excluding diaryl/α,β-unsaturated/α-hetero) is 1. The SMILES string of the molecule is CC(C)COc1cccc(C(=O)N2CCC3(CC2)CC(=O)c2cc(Cl)cc(Cl)c2O3)c1. The molecule has 0 unspecified atom stereocenters. The average molecular weight is 462 g/mol. The van der Waals surface area contributed by atoms with Gasteiger partial charge in [0.15, 0.2) is 5.78 Å². The van der Waals surface area contributed by atoms with Crippen LogP contribution in [-0.2, 0) is 0 Å². The fourth-order valence-electron chi connectivity index (χ4n) is 4.07. The van der Waals surface area contributed by atoms with Gasteiger partial charge in [-0.3, -0.25) is 9.59 Å². The maximum absolute atomic E-state index is 13.0. The number of ether oxygens (including phenoxy) is 2. The number of nitrogens with zero attached hydrogens (tertiary/aromatic N) is 1. The maximum atomic E-state index is 13.0. The minimum Gasteiger partial charge on any atom is -0.493 e. The topological polar surface area (TPSA) is 55.8 Å². The molecule has 2 aliphatic heterocycles. The fourth-order valence-corrected chi connectivity index (χ4v) is 4.60. The standard InChI is InChI=1S/C24H25Cl2NO4/c1-15(2)14-30-18-5-3-4-16(10-18)23(29)27-8-6-24(7-9-27)13-21(28)19-11-17(25)12-20(26)22(19)31-24/h3-5,10-12,15H,6-9,13-14H2,1-2H3. The Balaban J connectivity index is 1.45. The zero-order valence-electron chi connectivity index (χ0n) is 17.6. The van der Waals surface area contributed by atoms with Gasteiger partial charge in [0.05, 0.1) is 23.6 Å². The number of likely N-dealkylation sites (tertiary alicyclic amines) is 1. The van der Waals surface area contributed by atoms with Crippen LogP contribution in [0.4, 0.5) is 0 Å². The summed E-state index contributed by atoms with van der Waals surface area (Å²) in [6, 6.07) is 10.5. The molecule has 0 N–H and O–H groups in total. The Morgan fingerprint density at radius 1 is 1.19 bits per heavy atom. The summed E-state index contributed by atoms with van der Waals surface area (Å²) in [5.41, 5.74) is 0.390. The van der Waals surface area contributed by atoms with Crippen molar-refractivity contribution in [2.45, 2.75) is 38.7 Å². The van der Waals surface area contributed by atoms with Crippen LogP contribution in [0.1, 0.15) is 53.8 Å². The van der Waals surface area contributed by atoms with Crippen molar-refractivity contribution in [3.05, 3.63) is 57.6 Å². The summed E-state index contributed by atoms with van der Waals surface area (Å²) in [5.74, 6) is 1.43. The molecular formula is C24H25Cl2NO4. The molecule has 0 aromatic heterocycles. The average Bonchev–Trinajstić information content (AvgIpc) is 2.74. The third kappa shape index (κ3) is 4.68. The van der Waals surface area contributed by atoms with Gasteiger partial charge in [-0.1, -0.05) is 43.1 Å². The molecule has 2 aliphatic rings. The Hall–Kier alpha value is -2.24. The smallest absolute Gasteiger partial charge is 0.253 e. The maximum Gasteiger partial charge on any atom is 0.253 e. The molecule has 2 heterocycles. The first-order valence-corrected chi connectivity index (χ1v) is 11.3. The number of hydrogen-bond acceptors (Lipinski definition) is 4. The summed E-state index contributed by atoms with van der Waals surface area (Å²) in [6.07, 6.45) is 1.38. The molecule has 0 saturated carbocycles. The monoisotopic (exact) mass is 461 g/mol. The summed E-state index contributed by atoms with van der Waals surface area (Å²) in [6.45, 7) is 5.77. The van der Waals surface area contributed by atoms with Gasteiger partial charge in [-0.2, -0.15) is 0 Å². The van der Waals surface area contributed by atoms with Crippen molar-refractivity contribution in [1.29, 1.82) is 0 Å². The van der Waals surface area contributed by atoms with Gasteiger partial charge in [-0.25, -0.2) is 0 Å². The van der Waals surface area contributed by atoms with E-state index >= 15 is 0 Å². The highest BCUT2D eigenvalue weighted by molar-refractivity contribution is 6.36. The predicted molar refractivity (Wildman–Crippen MR) is 121 cm³/mol. The highest BCUT2D eigenvalue weighted by Crippen LogP contribution is 2.44. The zero-order chi connectivity index (χ0) is 22.2.